The summed E-state index contributed by atoms with van der Waals surface area (Å²) >= 11 is 0. The third-order valence-corrected chi connectivity index (χ3v) is 1.35. The summed E-state index contributed by atoms with van der Waals surface area (Å²) in [6.45, 7) is 1.82. The molecule has 1 aromatic rings. The predicted molar refractivity (Wildman–Crippen MR) is 44.0 cm³/mol. The lowest BCUT2D eigenvalue weighted by atomic mass is 10.3. The number of hydrogen-bond acceptors (Lipinski definition) is 4. The van der Waals surface area contributed by atoms with E-state index in [0.29, 0.717) is 12.4 Å². The van der Waals surface area contributed by atoms with Crippen LogP contribution in [0.3, 0.4) is 0 Å². The molecule has 1 aromatic heterocycles. The lowest BCUT2D eigenvalue weighted by Gasteiger charge is -2.02. The summed E-state index contributed by atoms with van der Waals surface area (Å²) in [4.78, 5) is 18.1. The van der Waals surface area contributed by atoms with Crippen LogP contribution >= 0.6 is 0 Å². The van der Waals surface area contributed by atoms with E-state index in [0.717, 1.165) is 5.56 Å². The molecule has 0 fully saturated rings. The molecule has 0 aliphatic rings. The van der Waals surface area contributed by atoms with E-state index in [-0.39, 0.29) is 5.91 Å². The minimum atomic E-state index is -0.0988. The quantitative estimate of drug-likeness (QED) is 0.631. The Labute approximate surface area is 70.0 Å². The zero-order valence-corrected chi connectivity index (χ0v) is 6.74. The maximum Gasteiger partial charge on any atom is 0.217 e. The molecule has 0 aliphatic carbocycles. The van der Waals surface area contributed by atoms with Crippen LogP contribution in [0.15, 0.2) is 12.5 Å². The molecule has 0 spiro atoms. The number of nitrogens with two attached hydrogens (primary N) is 1. The SMILES string of the molecule is CC(=O)NCc1cncnc1N. The van der Waals surface area contributed by atoms with Crippen molar-refractivity contribution in [3.63, 3.8) is 0 Å². The summed E-state index contributed by atoms with van der Waals surface area (Å²) in [5.41, 5.74) is 6.23. The highest BCUT2D eigenvalue weighted by Crippen LogP contribution is 2.03. The van der Waals surface area contributed by atoms with Crippen molar-refractivity contribution in [3.05, 3.63) is 18.1 Å². The van der Waals surface area contributed by atoms with Crippen LogP contribution in [0.1, 0.15) is 12.5 Å². The second kappa shape index (κ2) is 3.66. The van der Waals surface area contributed by atoms with Gasteiger partial charge >= 0.3 is 0 Å². The van der Waals surface area contributed by atoms with E-state index in [1.807, 2.05) is 0 Å². The van der Waals surface area contributed by atoms with E-state index in [9.17, 15) is 4.79 Å². The fraction of sp³-hybridized carbons (Fsp3) is 0.286. The van der Waals surface area contributed by atoms with Gasteiger partial charge in [0.15, 0.2) is 0 Å². The molecule has 0 radical (unpaired) electrons. The molecular formula is C7H10N4O. The van der Waals surface area contributed by atoms with Gasteiger partial charge in [0.1, 0.15) is 12.1 Å². The van der Waals surface area contributed by atoms with Crippen molar-refractivity contribution in [1.82, 2.24) is 15.3 Å². The van der Waals surface area contributed by atoms with Crippen molar-refractivity contribution in [2.75, 3.05) is 5.73 Å². The minimum Gasteiger partial charge on any atom is -0.383 e. The van der Waals surface area contributed by atoms with Gasteiger partial charge in [-0.15, -0.1) is 0 Å². The fourth-order valence-corrected chi connectivity index (χ4v) is 0.724. The lowest BCUT2D eigenvalue weighted by molar-refractivity contribution is -0.119. The van der Waals surface area contributed by atoms with E-state index in [4.69, 9.17) is 5.73 Å². The molecule has 0 aromatic carbocycles. The highest BCUT2D eigenvalue weighted by molar-refractivity contribution is 5.72. The first-order valence-corrected chi connectivity index (χ1v) is 3.49. The number of nitrogens with zero attached hydrogens (tertiary/aromatic N) is 2. The highest BCUT2D eigenvalue weighted by Gasteiger charge is 1.99. The molecule has 1 rings (SSSR count). The van der Waals surface area contributed by atoms with Crippen molar-refractivity contribution in [2.45, 2.75) is 13.5 Å². The van der Waals surface area contributed by atoms with Gasteiger partial charge in [0.2, 0.25) is 5.91 Å². The number of rotatable bonds is 2. The van der Waals surface area contributed by atoms with Crippen LogP contribution in [0.4, 0.5) is 5.82 Å². The standard InChI is InChI=1S/C7H10N4O/c1-5(12)10-3-6-2-9-4-11-7(6)8/h2,4H,3H2,1H3,(H,10,12)(H2,8,9,11). The zero-order valence-electron chi connectivity index (χ0n) is 6.74. The monoisotopic (exact) mass is 166 g/mol. The second-order valence-corrected chi connectivity index (χ2v) is 2.34. The molecule has 0 saturated carbocycles. The number of anilines is 1. The molecule has 0 atom stereocenters. The fourth-order valence-electron chi connectivity index (χ4n) is 0.724. The van der Waals surface area contributed by atoms with Crippen molar-refractivity contribution >= 4 is 11.7 Å². The summed E-state index contributed by atoms with van der Waals surface area (Å²) in [5.74, 6) is 0.303. The van der Waals surface area contributed by atoms with Crippen LogP contribution < -0.4 is 11.1 Å². The topological polar surface area (TPSA) is 80.9 Å². The number of amides is 1. The summed E-state index contributed by atoms with van der Waals surface area (Å²) in [5, 5.41) is 2.60. The smallest absolute Gasteiger partial charge is 0.217 e. The maximum absolute atomic E-state index is 10.5. The van der Waals surface area contributed by atoms with Gasteiger partial charge in [-0.1, -0.05) is 0 Å². The molecule has 5 heteroatoms. The van der Waals surface area contributed by atoms with Crippen molar-refractivity contribution < 1.29 is 4.79 Å². The Morgan fingerprint density at radius 3 is 3.08 bits per heavy atom. The Bertz CT molecular complexity index is 286. The van der Waals surface area contributed by atoms with Gasteiger partial charge < -0.3 is 11.1 Å². The molecule has 0 saturated heterocycles. The third-order valence-electron chi connectivity index (χ3n) is 1.35. The Kier molecular flexibility index (Phi) is 2.57. The van der Waals surface area contributed by atoms with Crippen molar-refractivity contribution in [2.24, 2.45) is 0 Å². The van der Waals surface area contributed by atoms with Crippen LogP contribution in [-0.4, -0.2) is 15.9 Å². The molecule has 5 nitrogen and oxygen atoms in total. The number of carbonyl (C=O) groups is 1. The van der Waals surface area contributed by atoms with Gasteiger partial charge in [0, 0.05) is 25.2 Å². The highest BCUT2D eigenvalue weighted by atomic mass is 16.1. The first-order chi connectivity index (χ1) is 5.70. The number of nitrogens with one attached hydrogen (secondary N) is 1. The van der Waals surface area contributed by atoms with Gasteiger partial charge in [0.25, 0.3) is 0 Å². The zero-order chi connectivity index (χ0) is 8.97. The molecule has 0 unspecified atom stereocenters. The van der Waals surface area contributed by atoms with Gasteiger partial charge in [-0.05, 0) is 0 Å². The number of nitrogen functional groups attached to an aromatic ring is 1. The summed E-state index contributed by atoms with van der Waals surface area (Å²) < 4.78 is 0. The average molecular weight is 166 g/mol. The molecule has 0 bridgehead atoms. The van der Waals surface area contributed by atoms with E-state index >= 15 is 0 Å². The van der Waals surface area contributed by atoms with Crippen LogP contribution in [-0.2, 0) is 11.3 Å². The second-order valence-electron chi connectivity index (χ2n) is 2.34. The van der Waals surface area contributed by atoms with Crippen LogP contribution in [0.2, 0.25) is 0 Å². The van der Waals surface area contributed by atoms with Crippen molar-refractivity contribution in [3.8, 4) is 0 Å². The van der Waals surface area contributed by atoms with Gasteiger partial charge in [0.05, 0.1) is 0 Å². The van der Waals surface area contributed by atoms with E-state index in [2.05, 4.69) is 15.3 Å². The van der Waals surface area contributed by atoms with Gasteiger partial charge in [-0.3, -0.25) is 4.79 Å². The van der Waals surface area contributed by atoms with Crippen molar-refractivity contribution in [1.29, 1.82) is 0 Å². The van der Waals surface area contributed by atoms with E-state index in [1.54, 1.807) is 6.20 Å². The summed E-state index contributed by atoms with van der Waals surface area (Å²) in [6.07, 6.45) is 2.95. The molecule has 64 valence electrons. The Morgan fingerprint density at radius 1 is 1.75 bits per heavy atom. The van der Waals surface area contributed by atoms with Crippen LogP contribution in [0, 0.1) is 0 Å². The van der Waals surface area contributed by atoms with Gasteiger partial charge in [-0.25, -0.2) is 9.97 Å². The Balaban J connectivity index is 2.63. The largest absolute Gasteiger partial charge is 0.383 e. The van der Waals surface area contributed by atoms with Crippen LogP contribution in [0.25, 0.3) is 0 Å². The molecule has 3 N–H and O–H groups in total. The first kappa shape index (κ1) is 8.45. The lowest BCUT2D eigenvalue weighted by Crippen LogP contribution is -2.20. The Hall–Kier alpha value is -1.65. The van der Waals surface area contributed by atoms with E-state index in [1.165, 1.54) is 13.3 Å². The average Bonchev–Trinajstić information content (AvgIpc) is 2.03. The number of hydrogen-bond donors (Lipinski definition) is 2. The molecular weight excluding hydrogens is 156 g/mol. The number of aromatic nitrogens is 2. The molecule has 1 amide bonds. The third kappa shape index (κ3) is 2.19. The predicted octanol–water partition coefficient (Wildman–Crippen LogP) is -0.305. The van der Waals surface area contributed by atoms with Gasteiger partial charge in [-0.2, -0.15) is 0 Å². The summed E-state index contributed by atoms with van der Waals surface area (Å²) in [6, 6.07) is 0. The first-order valence-electron chi connectivity index (χ1n) is 3.49. The maximum atomic E-state index is 10.5. The van der Waals surface area contributed by atoms with Crippen LogP contribution in [0.5, 0.6) is 0 Å². The molecule has 1 heterocycles. The molecule has 12 heavy (non-hydrogen) atoms. The summed E-state index contributed by atoms with van der Waals surface area (Å²) in [7, 11) is 0. The normalized spacial score (nSPS) is 9.42. The molecule has 0 aliphatic heterocycles. The van der Waals surface area contributed by atoms with E-state index < -0.39 is 0 Å². The minimum absolute atomic E-state index is 0.0988. The number of carbonyl (C=O) groups excluding carboxylic acids is 1. The Morgan fingerprint density at radius 2 is 2.50 bits per heavy atom.